The monoisotopic (exact) mass is 502 g/mol. The molecular formula is C29H31ClN4O2. The second-order valence-corrected chi connectivity index (χ2v) is 9.77. The number of fused-ring (bicyclic) bond motifs is 1. The van der Waals surface area contributed by atoms with Gasteiger partial charge in [-0.25, -0.2) is 4.99 Å². The van der Waals surface area contributed by atoms with E-state index in [4.69, 9.17) is 16.6 Å². The van der Waals surface area contributed by atoms with Crippen molar-refractivity contribution in [2.45, 2.75) is 13.8 Å². The Balaban J connectivity index is 1.77. The Labute approximate surface area is 216 Å². The van der Waals surface area contributed by atoms with Crippen LogP contribution in [-0.2, 0) is 4.79 Å². The van der Waals surface area contributed by atoms with Crippen LogP contribution >= 0.6 is 11.6 Å². The zero-order chi connectivity index (χ0) is 25.8. The molecule has 0 bridgehead atoms. The number of aromatic hydroxyl groups is 1. The zero-order valence-corrected chi connectivity index (χ0v) is 21.8. The van der Waals surface area contributed by atoms with E-state index in [1.807, 2.05) is 93.5 Å². The first kappa shape index (κ1) is 25.5. The quantitative estimate of drug-likeness (QED) is 0.280. The molecule has 1 aromatic heterocycles. The predicted octanol–water partition coefficient (Wildman–Crippen LogP) is 6.25. The summed E-state index contributed by atoms with van der Waals surface area (Å²) in [4.78, 5) is 24.7. The minimum absolute atomic E-state index is 0.0314. The predicted molar refractivity (Wildman–Crippen MR) is 149 cm³/mol. The summed E-state index contributed by atoms with van der Waals surface area (Å²) < 4.78 is 0. The number of carbonyl (C=O) groups is 1. The molecular weight excluding hydrogens is 472 g/mol. The van der Waals surface area contributed by atoms with Crippen LogP contribution in [0.5, 0.6) is 5.88 Å². The van der Waals surface area contributed by atoms with E-state index in [2.05, 4.69) is 9.88 Å². The molecule has 1 amide bonds. The second-order valence-electron chi connectivity index (χ2n) is 9.33. The molecule has 2 N–H and O–H groups in total. The Bertz CT molecular complexity index is 1380. The lowest BCUT2D eigenvalue weighted by Crippen LogP contribution is -2.39. The minimum Gasteiger partial charge on any atom is -0.494 e. The van der Waals surface area contributed by atoms with Gasteiger partial charge in [-0.05, 0) is 50.5 Å². The summed E-state index contributed by atoms with van der Waals surface area (Å²) in [5, 5.41) is 12.3. The molecule has 4 rings (SSSR count). The average molecular weight is 503 g/mol. The van der Waals surface area contributed by atoms with Gasteiger partial charge in [0, 0.05) is 40.7 Å². The van der Waals surface area contributed by atoms with E-state index < -0.39 is 0 Å². The van der Waals surface area contributed by atoms with E-state index in [-0.39, 0.29) is 17.7 Å². The van der Waals surface area contributed by atoms with E-state index in [1.54, 1.807) is 12.1 Å². The maximum absolute atomic E-state index is 12.9. The first-order valence-corrected chi connectivity index (χ1v) is 12.3. The van der Waals surface area contributed by atoms with Gasteiger partial charge in [-0.2, -0.15) is 0 Å². The summed E-state index contributed by atoms with van der Waals surface area (Å²) in [7, 11) is 3.99. The van der Waals surface area contributed by atoms with Crippen molar-refractivity contribution >= 4 is 45.5 Å². The molecule has 0 aliphatic heterocycles. The smallest absolute Gasteiger partial charge is 0.229 e. The number of benzene rings is 3. The number of anilines is 1. The summed E-state index contributed by atoms with van der Waals surface area (Å²) in [5.74, 6) is 0.0113. The summed E-state index contributed by atoms with van der Waals surface area (Å²) in [6, 6.07) is 22.9. The molecule has 1 heterocycles. The van der Waals surface area contributed by atoms with Crippen molar-refractivity contribution in [2.75, 3.05) is 32.1 Å². The lowest BCUT2D eigenvalue weighted by Gasteiger charge is -2.26. The van der Waals surface area contributed by atoms with E-state index in [9.17, 15) is 9.90 Å². The number of hydrogen-bond donors (Lipinski definition) is 2. The Kier molecular flexibility index (Phi) is 7.77. The van der Waals surface area contributed by atoms with E-state index in [1.165, 1.54) is 0 Å². The highest BCUT2D eigenvalue weighted by Crippen LogP contribution is 2.33. The van der Waals surface area contributed by atoms with E-state index >= 15 is 0 Å². The van der Waals surface area contributed by atoms with E-state index in [0.29, 0.717) is 28.5 Å². The third-order valence-electron chi connectivity index (χ3n) is 5.96. The van der Waals surface area contributed by atoms with Crippen molar-refractivity contribution in [1.29, 1.82) is 0 Å². The van der Waals surface area contributed by atoms with Gasteiger partial charge in [-0.15, -0.1) is 0 Å². The number of aliphatic imine (C=N–C) groups is 1. The number of aromatic amines is 1. The molecule has 7 heteroatoms. The number of likely N-dealkylation sites (N-methyl/N-ethyl adjacent to an activating group) is 1. The molecule has 0 saturated heterocycles. The largest absolute Gasteiger partial charge is 0.494 e. The standard InChI is InChI=1S/C29H31ClN4O2/c1-19(2)29(36)34(17-16-33(3)4)23-13-11-22(12-14-23)31-27(20-8-6-5-7-9-20)26-24-15-10-21(30)18-25(24)32-28(26)35/h5-15,18-19,32,35H,16-17H2,1-4H3. The van der Waals surface area contributed by atoms with Gasteiger partial charge in [0.25, 0.3) is 0 Å². The van der Waals surface area contributed by atoms with Crippen molar-refractivity contribution in [2.24, 2.45) is 10.9 Å². The third-order valence-corrected chi connectivity index (χ3v) is 6.19. The Morgan fingerprint density at radius 3 is 2.33 bits per heavy atom. The van der Waals surface area contributed by atoms with Gasteiger partial charge in [0.1, 0.15) is 0 Å². The number of carbonyl (C=O) groups excluding carboxylic acids is 1. The molecule has 0 aliphatic carbocycles. The van der Waals surface area contributed by atoms with Crippen LogP contribution < -0.4 is 4.90 Å². The number of nitrogens with zero attached hydrogens (tertiary/aromatic N) is 3. The number of H-pyrrole nitrogens is 1. The van der Waals surface area contributed by atoms with Crippen LogP contribution in [0.4, 0.5) is 11.4 Å². The van der Waals surface area contributed by atoms with Gasteiger partial charge in [0.2, 0.25) is 5.91 Å². The van der Waals surface area contributed by atoms with Crippen molar-refractivity contribution in [3.05, 3.63) is 88.9 Å². The van der Waals surface area contributed by atoms with Crippen LogP contribution in [0, 0.1) is 5.92 Å². The SMILES string of the molecule is CC(C)C(=O)N(CCN(C)C)c1ccc(N=C(c2ccccc2)c2c(O)[nH]c3cc(Cl)ccc23)cc1. The number of rotatable bonds is 8. The summed E-state index contributed by atoms with van der Waals surface area (Å²) in [5.41, 5.74) is 4.40. The Morgan fingerprint density at radius 2 is 1.69 bits per heavy atom. The maximum Gasteiger partial charge on any atom is 0.229 e. The molecule has 0 atom stereocenters. The van der Waals surface area contributed by atoms with Crippen LogP contribution in [0.1, 0.15) is 25.0 Å². The van der Waals surface area contributed by atoms with Crippen molar-refractivity contribution < 1.29 is 9.90 Å². The van der Waals surface area contributed by atoms with Gasteiger partial charge >= 0.3 is 0 Å². The molecule has 36 heavy (non-hydrogen) atoms. The Morgan fingerprint density at radius 1 is 1.00 bits per heavy atom. The van der Waals surface area contributed by atoms with Gasteiger partial charge in [-0.1, -0.05) is 61.8 Å². The highest BCUT2D eigenvalue weighted by molar-refractivity contribution is 6.31. The van der Waals surface area contributed by atoms with Crippen LogP contribution in [-0.4, -0.2) is 53.8 Å². The molecule has 3 aromatic carbocycles. The molecule has 6 nitrogen and oxygen atoms in total. The number of halogens is 1. The minimum atomic E-state index is -0.104. The van der Waals surface area contributed by atoms with Gasteiger partial charge < -0.3 is 19.9 Å². The lowest BCUT2D eigenvalue weighted by atomic mass is 10.0. The first-order chi connectivity index (χ1) is 17.2. The fourth-order valence-electron chi connectivity index (χ4n) is 4.07. The average Bonchev–Trinajstić information content (AvgIpc) is 3.18. The van der Waals surface area contributed by atoms with Gasteiger partial charge in [-0.3, -0.25) is 4.79 Å². The molecule has 186 valence electrons. The highest BCUT2D eigenvalue weighted by Gasteiger charge is 2.20. The van der Waals surface area contributed by atoms with E-state index in [0.717, 1.165) is 28.7 Å². The second kappa shape index (κ2) is 11.0. The maximum atomic E-state index is 12.9. The number of nitrogens with one attached hydrogen (secondary N) is 1. The molecule has 0 fully saturated rings. The highest BCUT2D eigenvalue weighted by atomic mass is 35.5. The molecule has 0 aliphatic rings. The molecule has 0 spiro atoms. The summed E-state index contributed by atoms with van der Waals surface area (Å²) in [6.07, 6.45) is 0. The summed E-state index contributed by atoms with van der Waals surface area (Å²) >= 11 is 6.17. The van der Waals surface area contributed by atoms with Crippen LogP contribution in [0.3, 0.4) is 0 Å². The fourth-order valence-corrected chi connectivity index (χ4v) is 4.24. The number of aromatic nitrogens is 1. The fraction of sp³-hybridized carbons (Fsp3) is 0.241. The third kappa shape index (κ3) is 5.61. The number of amides is 1. The molecule has 0 radical (unpaired) electrons. The van der Waals surface area contributed by atoms with Crippen molar-refractivity contribution in [3.8, 4) is 5.88 Å². The number of hydrogen-bond acceptors (Lipinski definition) is 4. The van der Waals surface area contributed by atoms with Gasteiger partial charge in [0.05, 0.1) is 22.5 Å². The molecule has 4 aromatic rings. The van der Waals surface area contributed by atoms with Crippen LogP contribution in [0.25, 0.3) is 10.9 Å². The molecule has 0 unspecified atom stereocenters. The normalized spacial score (nSPS) is 12.0. The van der Waals surface area contributed by atoms with Crippen molar-refractivity contribution in [1.82, 2.24) is 9.88 Å². The van der Waals surface area contributed by atoms with Gasteiger partial charge in [0.15, 0.2) is 5.88 Å². The van der Waals surface area contributed by atoms with Crippen molar-refractivity contribution in [3.63, 3.8) is 0 Å². The Hall–Kier alpha value is -3.61. The first-order valence-electron chi connectivity index (χ1n) is 12.0. The zero-order valence-electron chi connectivity index (χ0n) is 21.0. The molecule has 0 saturated carbocycles. The topological polar surface area (TPSA) is 71.9 Å². The van der Waals surface area contributed by atoms with Crippen LogP contribution in [0.15, 0.2) is 77.8 Å². The lowest BCUT2D eigenvalue weighted by molar-refractivity contribution is -0.121. The van der Waals surface area contributed by atoms with Crippen LogP contribution in [0.2, 0.25) is 5.02 Å². The summed E-state index contributed by atoms with van der Waals surface area (Å²) in [6.45, 7) is 5.20.